The summed E-state index contributed by atoms with van der Waals surface area (Å²) in [5, 5.41) is 12.0. The van der Waals surface area contributed by atoms with Crippen molar-refractivity contribution >= 4 is 21.6 Å². The Balaban J connectivity index is 2.15. The predicted molar refractivity (Wildman–Crippen MR) is 68.2 cm³/mol. The molecule has 0 bridgehead atoms. The third kappa shape index (κ3) is 1.72. The fraction of sp³-hybridized carbons (Fsp3) is 0.364. The van der Waals surface area contributed by atoms with Crippen LogP contribution in [0, 0.1) is 0 Å². The molecule has 6 heteroatoms. The number of halogens is 1. The van der Waals surface area contributed by atoms with Gasteiger partial charge in [-0.05, 0) is 48.4 Å². The molecule has 0 atom stereocenters. The lowest BCUT2D eigenvalue weighted by Gasteiger charge is -2.12. The smallest absolute Gasteiger partial charge is 0.183 e. The molecule has 1 aliphatic carbocycles. The average Bonchev–Trinajstić information content (AvgIpc) is 2.87. The zero-order valence-corrected chi connectivity index (χ0v) is 11.0. The van der Waals surface area contributed by atoms with Crippen molar-refractivity contribution in [3.63, 3.8) is 0 Å². The molecule has 17 heavy (non-hydrogen) atoms. The lowest BCUT2D eigenvalue weighted by molar-refractivity contribution is 0.463. The fourth-order valence-corrected chi connectivity index (χ4v) is 2.25. The summed E-state index contributed by atoms with van der Waals surface area (Å²) in [7, 11) is 0. The van der Waals surface area contributed by atoms with Gasteiger partial charge in [0.2, 0.25) is 0 Å². The number of nitrogen functional groups attached to an aromatic ring is 1. The van der Waals surface area contributed by atoms with Crippen LogP contribution in [0.2, 0.25) is 0 Å². The minimum absolute atomic E-state index is 0.0723. The maximum Gasteiger partial charge on any atom is 0.183 e. The molecule has 0 amide bonds. The van der Waals surface area contributed by atoms with E-state index < -0.39 is 0 Å². The Bertz CT molecular complexity index is 573. The molecule has 2 N–H and O–H groups in total. The molecular formula is C11H12BrN5. The molecule has 0 radical (unpaired) electrons. The quantitative estimate of drug-likeness (QED) is 0.862. The van der Waals surface area contributed by atoms with Gasteiger partial charge in [0.15, 0.2) is 5.82 Å². The summed E-state index contributed by atoms with van der Waals surface area (Å²) in [5.74, 6) is 0.768. The zero-order valence-electron chi connectivity index (χ0n) is 9.39. The van der Waals surface area contributed by atoms with Crippen molar-refractivity contribution in [2.45, 2.75) is 25.3 Å². The Kier molecular flexibility index (Phi) is 2.22. The number of anilines is 1. The predicted octanol–water partition coefficient (Wildman–Crippen LogP) is 2.19. The van der Waals surface area contributed by atoms with Crippen molar-refractivity contribution in [1.82, 2.24) is 20.2 Å². The highest BCUT2D eigenvalue weighted by molar-refractivity contribution is 9.10. The van der Waals surface area contributed by atoms with Gasteiger partial charge in [0.1, 0.15) is 0 Å². The first kappa shape index (κ1) is 10.7. The van der Waals surface area contributed by atoms with E-state index in [9.17, 15) is 0 Å². The summed E-state index contributed by atoms with van der Waals surface area (Å²) in [6, 6.07) is 5.65. The Morgan fingerprint density at radius 3 is 2.88 bits per heavy atom. The van der Waals surface area contributed by atoms with Gasteiger partial charge in [-0.1, -0.05) is 15.9 Å². The molecule has 1 saturated carbocycles. The summed E-state index contributed by atoms with van der Waals surface area (Å²) in [5.41, 5.74) is 7.52. The van der Waals surface area contributed by atoms with E-state index >= 15 is 0 Å². The molecule has 0 spiro atoms. The third-order valence-electron chi connectivity index (χ3n) is 3.19. The van der Waals surface area contributed by atoms with Crippen LogP contribution in [0.3, 0.4) is 0 Å². The number of hydrogen-bond donors (Lipinski definition) is 1. The molecule has 0 aliphatic heterocycles. The van der Waals surface area contributed by atoms with E-state index in [0.29, 0.717) is 5.69 Å². The molecule has 2 aromatic rings. The topological polar surface area (TPSA) is 69.6 Å². The van der Waals surface area contributed by atoms with E-state index in [1.54, 1.807) is 0 Å². The average molecular weight is 294 g/mol. The van der Waals surface area contributed by atoms with Gasteiger partial charge >= 0.3 is 0 Å². The molecule has 1 aromatic carbocycles. The highest BCUT2D eigenvalue weighted by atomic mass is 79.9. The van der Waals surface area contributed by atoms with Crippen LogP contribution in [-0.4, -0.2) is 20.2 Å². The van der Waals surface area contributed by atoms with E-state index in [4.69, 9.17) is 5.73 Å². The zero-order chi connectivity index (χ0) is 12.0. The molecule has 3 rings (SSSR count). The molecule has 1 heterocycles. The van der Waals surface area contributed by atoms with Gasteiger partial charge in [-0.25, -0.2) is 4.68 Å². The number of aromatic nitrogens is 4. The van der Waals surface area contributed by atoms with Crippen LogP contribution in [0.4, 0.5) is 5.69 Å². The number of nitrogens with zero attached hydrogens (tertiary/aromatic N) is 4. The van der Waals surface area contributed by atoms with Crippen molar-refractivity contribution in [2.75, 3.05) is 5.73 Å². The minimum atomic E-state index is 0.0723. The largest absolute Gasteiger partial charge is 0.399 e. The second-order valence-corrected chi connectivity index (χ2v) is 5.50. The monoisotopic (exact) mass is 293 g/mol. The van der Waals surface area contributed by atoms with Crippen molar-refractivity contribution in [1.29, 1.82) is 0 Å². The van der Waals surface area contributed by atoms with E-state index in [2.05, 4.69) is 38.4 Å². The van der Waals surface area contributed by atoms with Gasteiger partial charge in [0.25, 0.3) is 0 Å². The third-order valence-corrected chi connectivity index (χ3v) is 3.88. The van der Waals surface area contributed by atoms with Crippen LogP contribution >= 0.6 is 15.9 Å². The number of rotatable bonds is 2. The summed E-state index contributed by atoms with van der Waals surface area (Å²) < 4.78 is 2.85. The molecule has 1 aromatic heterocycles. The number of tetrazole rings is 1. The molecule has 1 aliphatic rings. The van der Waals surface area contributed by atoms with Crippen LogP contribution in [-0.2, 0) is 5.54 Å². The van der Waals surface area contributed by atoms with Gasteiger partial charge in [-0.15, -0.1) is 5.10 Å². The van der Waals surface area contributed by atoms with Crippen molar-refractivity contribution in [2.24, 2.45) is 0 Å². The molecule has 1 fully saturated rings. The highest BCUT2D eigenvalue weighted by Crippen LogP contribution is 2.44. The first-order valence-electron chi connectivity index (χ1n) is 5.44. The van der Waals surface area contributed by atoms with Crippen LogP contribution in [0.15, 0.2) is 22.7 Å². The Hall–Kier alpha value is -1.43. The van der Waals surface area contributed by atoms with Gasteiger partial charge in [0, 0.05) is 15.7 Å². The molecule has 0 saturated heterocycles. The molecule has 88 valence electrons. The minimum Gasteiger partial charge on any atom is -0.399 e. The van der Waals surface area contributed by atoms with Crippen LogP contribution in [0.5, 0.6) is 0 Å². The fourth-order valence-electron chi connectivity index (χ4n) is 1.83. The van der Waals surface area contributed by atoms with Crippen molar-refractivity contribution < 1.29 is 0 Å². The lowest BCUT2D eigenvalue weighted by Crippen LogP contribution is -2.15. The number of benzene rings is 1. The van der Waals surface area contributed by atoms with Gasteiger partial charge in [0.05, 0.1) is 5.54 Å². The van der Waals surface area contributed by atoms with E-state index in [1.165, 1.54) is 0 Å². The summed E-state index contributed by atoms with van der Waals surface area (Å²) in [6.07, 6.45) is 2.23. The van der Waals surface area contributed by atoms with Crippen molar-refractivity contribution in [3.05, 3.63) is 22.7 Å². The Labute approximate surface area is 107 Å². The van der Waals surface area contributed by atoms with E-state index in [0.717, 1.165) is 28.7 Å². The second-order valence-electron chi connectivity index (χ2n) is 4.65. The second kappa shape index (κ2) is 3.53. The summed E-state index contributed by atoms with van der Waals surface area (Å²) in [6.45, 7) is 2.16. The highest BCUT2D eigenvalue weighted by Gasteiger charge is 2.42. The van der Waals surface area contributed by atoms with Crippen LogP contribution < -0.4 is 5.73 Å². The van der Waals surface area contributed by atoms with Gasteiger partial charge in [-0.2, -0.15) is 0 Å². The number of hydrogen-bond acceptors (Lipinski definition) is 4. The molecule has 5 nitrogen and oxygen atoms in total. The van der Waals surface area contributed by atoms with Crippen LogP contribution in [0.25, 0.3) is 11.4 Å². The van der Waals surface area contributed by atoms with Gasteiger partial charge < -0.3 is 5.73 Å². The lowest BCUT2D eigenvalue weighted by atomic mass is 10.2. The first-order chi connectivity index (χ1) is 8.10. The summed E-state index contributed by atoms with van der Waals surface area (Å²) in [4.78, 5) is 0. The molecule has 0 unspecified atom stereocenters. The van der Waals surface area contributed by atoms with E-state index in [1.807, 2.05) is 22.9 Å². The maximum atomic E-state index is 5.81. The maximum absolute atomic E-state index is 5.81. The Morgan fingerprint density at radius 2 is 2.18 bits per heavy atom. The number of nitrogens with two attached hydrogens (primary N) is 1. The standard InChI is InChI=1S/C11H12BrN5/c1-11(4-5-11)17-10(14-15-16-17)8-6-7(13)2-3-9(8)12/h2-3,6H,4-5,13H2,1H3. The first-order valence-corrected chi connectivity index (χ1v) is 6.24. The summed E-state index contributed by atoms with van der Waals surface area (Å²) >= 11 is 3.51. The molecular weight excluding hydrogens is 282 g/mol. The van der Waals surface area contributed by atoms with Gasteiger partial charge in [-0.3, -0.25) is 0 Å². The van der Waals surface area contributed by atoms with Crippen molar-refractivity contribution in [3.8, 4) is 11.4 Å². The normalized spacial score (nSPS) is 17.1. The van der Waals surface area contributed by atoms with E-state index in [-0.39, 0.29) is 5.54 Å². The Morgan fingerprint density at radius 1 is 1.41 bits per heavy atom. The SMILES string of the molecule is CC1(n2nnnc2-c2cc(N)ccc2Br)CC1. The van der Waals surface area contributed by atoms with Crippen LogP contribution in [0.1, 0.15) is 19.8 Å².